The predicted molar refractivity (Wildman–Crippen MR) is 90.8 cm³/mol. The van der Waals surface area contributed by atoms with Crippen molar-refractivity contribution in [2.45, 2.75) is 11.8 Å². The van der Waals surface area contributed by atoms with E-state index in [1.54, 1.807) is 18.2 Å². The fraction of sp³-hybridized carbons (Fsp3) is 0.250. The molecule has 21 heavy (non-hydrogen) atoms. The molecular formula is C16H13Br2ClF2. The zero-order valence-electron chi connectivity index (χ0n) is 11.1. The van der Waals surface area contributed by atoms with Crippen molar-refractivity contribution in [3.8, 4) is 0 Å². The first-order valence-corrected chi connectivity index (χ1v) is 8.95. The van der Waals surface area contributed by atoms with Crippen molar-refractivity contribution in [3.63, 3.8) is 0 Å². The van der Waals surface area contributed by atoms with Crippen LogP contribution >= 0.6 is 43.5 Å². The molecular weight excluding hydrogens is 425 g/mol. The summed E-state index contributed by atoms with van der Waals surface area (Å²) < 4.78 is 27.6. The van der Waals surface area contributed by atoms with E-state index < -0.39 is 5.41 Å². The molecule has 2 aromatic rings. The molecule has 0 aliphatic heterocycles. The van der Waals surface area contributed by atoms with Gasteiger partial charge in [0.15, 0.2) is 0 Å². The Morgan fingerprint density at radius 3 is 2.24 bits per heavy atom. The highest BCUT2D eigenvalue weighted by Crippen LogP contribution is 2.35. The van der Waals surface area contributed by atoms with Crippen LogP contribution in [0.4, 0.5) is 8.78 Å². The molecule has 0 bridgehead atoms. The lowest BCUT2D eigenvalue weighted by atomic mass is 9.79. The van der Waals surface area contributed by atoms with Crippen molar-refractivity contribution in [3.05, 3.63) is 70.2 Å². The van der Waals surface area contributed by atoms with E-state index in [4.69, 9.17) is 11.6 Å². The third-order valence-corrected chi connectivity index (χ3v) is 6.03. The lowest BCUT2D eigenvalue weighted by molar-refractivity contribution is 0.517. The summed E-state index contributed by atoms with van der Waals surface area (Å²) in [4.78, 5) is 0. The van der Waals surface area contributed by atoms with Crippen molar-refractivity contribution in [2.24, 2.45) is 0 Å². The molecule has 112 valence electrons. The average Bonchev–Trinajstić information content (AvgIpc) is 2.48. The van der Waals surface area contributed by atoms with Crippen LogP contribution in [0.15, 0.2) is 42.5 Å². The van der Waals surface area contributed by atoms with Gasteiger partial charge in [-0.25, -0.2) is 8.78 Å². The molecule has 2 rings (SSSR count). The quantitative estimate of drug-likeness (QED) is 0.511. The predicted octanol–water partition coefficient (Wildman–Crippen LogP) is 5.89. The Bertz CT molecular complexity index is 607. The molecule has 0 amide bonds. The van der Waals surface area contributed by atoms with Gasteiger partial charge in [0.1, 0.15) is 11.6 Å². The Labute approximate surface area is 144 Å². The summed E-state index contributed by atoms with van der Waals surface area (Å²) in [6.45, 7) is 0. The Morgan fingerprint density at radius 2 is 1.67 bits per heavy atom. The maximum atomic E-state index is 14.1. The van der Waals surface area contributed by atoms with Gasteiger partial charge in [-0.2, -0.15) is 0 Å². The summed E-state index contributed by atoms with van der Waals surface area (Å²) in [6, 6.07) is 11.0. The van der Waals surface area contributed by atoms with Crippen LogP contribution in [-0.4, -0.2) is 10.7 Å². The number of hydrogen-bond donors (Lipinski definition) is 0. The maximum absolute atomic E-state index is 14.1. The van der Waals surface area contributed by atoms with Crippen molar-refractivity contribution in [1.29, 1.82) is 0 Å². The number of rotatable bonds is 5. The van der Waals surface area contributed by atoms with Gasteiger partial charge in [-0.05, 0) is 36.2 Å². The molecule has 0 radical (unpaired) electrons. The van der Waals surface area contributed by atoms with E-state index in [0.717, 1.165) is 5.56 Å². The Kier molecular flexibility index (Phi) is 5.81. The van der Waals surface area contributed by atoms with Gasteiger partial charge in [0.05, 0.1) is 0 Å². The van der Waals surface area contributed by atoms with Gasteiger partial charge >= 0.3 is 0 Å². The third kappa shape index (κ3) is 3.66. The molecule has 0 heterocycles. The topological polar surface area (TPSA) is 0 Å². The van der Waals surface area contributed by atoms with Crippen LogP contribution < -0.4 is 0 Å². The van der Waals surface area contributed by atoms with Crippen LogP contribution in [-0.2, 0) is 11.8 Å². The number of halogens is 5. The molecule has 0 saturated carbocycles. The summed E-state index contributed by atoms with van der Waals surface area (Å²) in [7, 11) is 0. The molecule has 2 aromatic carbocycles. The Hall–Kier alpha value is -0.450. The fourth-order valence-corrected chi connectivity index (χ4v) is 4.45. The maximum Gasteiger partial charge on any atom is 0.127 e. The summed E-state index contributed by atoms with van der Waals surface area (Å²) in [5.41, 5.74) is 0.770. The van der Waals surface area contributed by atoms with E-state index in [2.05, 4.69) is 31.9 Å². The van der Waals surface area contributed by atoms with Crippen LogP contribution in [0.5, 0.6) is 0 Å². The zero-order valence-corrected chi connectivity index (χ0v) is 15.0. The molecule has 0 aliphatic carbocycles. The van der Waals surface area contributed by atoms with Crippen LogP contribution in [0.25, 0.3) is 0 Å². The van der Waals surface area contributed by atoms with E-state index >= 15 is 0 Å². The molecule has 0 atom stereocenters. The molecule has 0 aromatic heterocycles. The molecule has 0 N–H and O–H groups in total. The molecule has 0 nitrogen and oxygen atoms in total. The second-order valence-corrected chi connectivity index (χ2v) is 6.46. The van der Waals surface area contributed by atoms with Crippen molar-refractivity contribution in [2.75, 3.05) is 10.7 Å². The van der Waals surface area contributed by atoms with Crippen molar-refractivity contribution >= 4 is 43.5 Å². The summed E-state index contributed by atoms with van der Waals surface area (Å²) in [5, 5.41) is 1.50. The summed E-state index contributed by atoms with van der Waals surface area (Å²) in [6.07, 6.45) is 0.373. The molecule has 0 saturated heterocycles. The van der Waals surface area contributed by atoms with E-state index in [1.165, 1.54) is 18.2 Å². The van der Waals surface area contributed by atoms with E-state index in [-0.39, 0.29) is 11.6 Å². The minimum absolute atomic E-state index is 0.307. The minimum atomic E-state index is -0.478. The lowest BCUT2D eigenvalue weighted by Gasteiger charge is -2.31. The standard InChI is InChI=1S/C16H13Br2ClF2/c17-9-16(10-18,11-3-1-4-12(20)7-11)8-13-14(19)5-2-6-15(13)21/h1-7H,8-10H2. The van der Waals surface area contributed by atoms with E-state index in [0.29, 0.717) is 27.7 Å². The summed E-state index contributed by atoms with van der Waals surface area (Å²) in [5.74, 6) is -0.649. The molecule has 0 aliphatic rings. The van der Waals surface area contributed by atoms with Gasteiger partial charge in [0.2, 0.25) is 0 Å². The monoisotopic (exact) mass is 436 g/mol. The van der Waals surface area contributed by atoms with Crippen LogP contribution in [0.3, 0.4) is 0 Å². The first-order chi connectivity index (χ1) is 10.0. The van der Waals surface area contributed by atoms with Gasteiger partial charge < -0.3 is 0 Å². The number of benzene rings is 2. The highest BCUT2D eigenvalue weighted by molar-refractivity contribution is 9.09. The van der Waals surface area contributed by atoms with Crippen LogP contribution in [0.1, 0.15) is 11.1 Å². The second-order valence-electron chi connectivity index (χ2n) is 4.93. The molecule has 0 spiro atoms. The first kappa shape index (κ1) is 16.9. The first-order valence-electron chi connectivity index (χ1n) is 6.33. The van der Waals surface area contributed by atoms with E-state index in [1.807, 2.05) is 6.07 Å². The van der Waals surface area contributed by atoms with Gasteiger partial charge in [-0.1, -0.05) is 61.7 Å². The average molecular weight is 439 g/mol. The highest BCUT2D eigenvalue weighted by Gasteiger charge is 2.32. The third-order valence-electron chi connectivity index (χ3n) is 3.53. The SMILES string of the molecule is Fc1cccc(C(CBr)(CBr)Cc2c(F)cccc2Cl)c1. The van der Waals surface area contributed by atoms with E-state index in [9.17, 15) is 8.78 Å². The molecule has 5 heteroatoms. The lowest BCUT2D eigenvalue weighted by Crippen LogP contribution is -2.33. The minimum Gasteiger partial charge on any atom is -0.207 e. The molecule has 0 unspecified atom stereocenters. The molecule has 0 fully saturated rings. The van der Waals surface area contributed by atoms with Crippen molar-refractivity contribution in [1.82, 2.24) is 0 Å². The van der Waals surface area contributed by atoms with Crippen molar-refractivity contribution < 1.29 is 8.78 Å². The zero-order chi connectivity index (χ0) is 15.5. The Balaban J connectivity index is 2.48. The van der Waals surface area contributed by atoms with Gasteiger partial charge in [0, 0.05) is 26.7 Å². The van der Waals surface area contributed by atoms with Crippen LogP contribution in [0, 0.1) is 11.6 Å². The second kappa shape index (κ2) is 7.21. The number of alkyl halides is 2. The van der Waals surface area contributed by atoms with Gasteiger partial charge in [-0.3, -0.25) is 0 Å². The van der Waals surface area contributed by atoms with Gasteiger partial charge in [-0.15, -0.1) is 0 Å². The largest absolute Gasteiger partial charge is 0.207 e. The summed E-state index contributed by atoms with van der Waals surface area (Å²) >= 11 is 13.1. The highest BCUT2D eigenvalue weighted by atomic mass is 79.9. The normalized spacial score (nSPS) is 11.7. The van der Waals surface area contributed by atoms with Crippen LogP contribution in [0.2, 0.25) is 5.02 Å². The van der Waals surface area contributed by atoms with Gasteiger partial charge in [0.25, 0.3) is 0 Å². The Morgan fingerprint density at radius 1 is 1.00 bits per heavy atom. The fourth-order valence-electron chi connectivity index (χ4n) is 2.24. The smallest absolute Gasteiger partial charge is 0.127 e. The number of hydrogen-bond acceptors (Lipinski definition) is 0.